The smallest absolute Gasteiger partial charge is 0.0623 e. The summed E-state index contributed by atoms with van der Waals surface area (Å²) in [5.74, 6) is 6.83. The average Bonchev–Trinajstić information content (AvgIpc) is 2.18. The third-order valence-electron chi connectivity index (χ3n) is 3.51. The Balaban J connectivity index is 4.11. The molecule has 0 fully saturated rings. The number of methoxy groups -OCH3 is 1. The van der Waals surface area contributed by atoms with E-state index in [2.05, 4.69) is 40.0 Å². The molecule has 92 valence electrons. The molecule has 0 aromatic heterocycles. The first-order chi connectivity index (χ1) is 6.84. The summed E-state index contributed by atoms with van der Waals surface area (Å²) in [6.45, 7) is 10.9. The number of ether oxygens (including phenoxy) is 1. The molecule has 0 saturated heterocycles. The van der Waals surface area contributed by atoms with Crippen LogP contribution in [0.2, 0.25) is 0 Å². The van der Waals surface area contributed by atoms with Crippen molar-refractivity contribution in [3.8, 4) is 0 Å². The van der Waals surface area contributed by atoms with Gasteiger partial charge in [0.05, 0.1) is 5.60 Å². The lowest BCUT2D eigenvalue weighted by Crippen LogP contribution is -2.43. The number of nitrogens with two attached hydrogens (primary N) is 1. The molecule has 3 heteroatoms. The molecule has 0 heterocycles. The van der Waals surface area contributed by atoms with E-state index in [4.69, 9.17) is 10.6 Å². The maximum atomic E-state index is 5.59. The number of hydrogen-bond donors (Lipinski definition) is 2. The van der Waals surface area contributed by atoms with Crippen LogP contribution in [0.4, 0.5) is 0 Å². The summed E-state index contributed by atoms with van der Waals surface area (Å²) in [5.41, 5.74) is 2.87. The lowest BCUT2D eigenvalue weighted by atomic mass is 9.86. The van der Waals surface area contributed by atoms with E-state index in [-0.39, 0.29) is 5.60 Å². The fourth-order valence-corrected chi connectivity index (χ4v) is 1.57. The van der Waals surface area contributed by atoms with Gasteiger partial charge in [-0.15, -0.1) is 0 Å². The Kier molecular flexibility index (Phi) is 6.41. The first-order valence-electron chi connectivity index (χ1n) is 5.85. The van der Waals surface area contributed by atoms with Gasteiger partial charge in [0.15, 0.2) is 0 Å². The monoisotopic (exact) mass is 216 g/mol. The van der Waals surface area contributed by atoms with Gasteiger partial charge in [-0.25, -0.2) is 0 Å². The Hall–Kier alpha value is -0.120. The van der Waals surface area contributed by atoms with Gasteiger partial charge < -0.3 is 4.74 Å². The fourth-order valence-electron chi connectivity index (χ4n) is 1.57. The summed E-state index contributed by atoms with van der Waals surface area (Å²) in [6.07, 6.45) is 2.08. The molecule has 3 N–H and O–H groups in total. The Morgan fingerprint density at radius 2 is 1.80 bits per heavy atom. The fraction of sp³-hybridized carbons (Fsp3) is 1.00. The van der Waals surface area contributed by atoms with E-state index < -0.39 is 0 Å². The molecule has 3 nitrogen and oxygen atoms in total. The van der Waals surface area contributed by atoms with Gasteiger partial charge in [0, 0.05) is 13.2 Å². The normalized spacial score (nSPS) is 16.8. The molecule has 2 unspecified atom stereocenters. The molecule has 0 amide bonds. The van der Waals surface area contributed by atoms with Crippen LogP contribution in [0.3, 0.4) is 0 Å². The van der Waals surface area contributed by atoms with E-state index in [0.717, 1.165) is 12.8 Å². The number of hydrazine groups is 1. The van der Waals surface area contributed by atoms with Crippen molar-refractivity contribution in [2.45, 2.75) is 59.1 Å². The van der Waals surface area contributed by atoms with Crippen LogP contribution in [0.25, 0.3) is 0 Å². The molecule has 0 spiro atoms. The minimum Gasteiger partial charge on any atom is -0.379 e. The summed E-state index contributed by atoms with van der Waals surface area (Å²) in [6, 6.07) is 0.374. The van der Waals surface area contributed by atoms with E-state index in [9.17, 15) is 0 Å². The van der Waals surface area contributed by atoms with Gasteiger partial charge in [0.1, 0.15) is 0 Å². The number of rotatable bonds is 7. The predicted octanol–water partition coefficient (Wildman–Crippen LogP) is 2.32. The van der Waals surface area contributed by atoms with Crippen LogP contribution in [0.1, 0.15) is 47.5 Å². The molecule has 15 heavy (non-hydrogen) atoms. The maximum Gasteiger partial charge on any atom is 0.0623 e. The van der Waals surface area contributed by atoms with Crippen LogP contribution in [-0.2, 0) is 4.74 Å². The van der Waals surface area contributed by atoms with Gasteiger partial charge in [-0.3, -0.25) is 11.3 Å². The second-order valence-corrected chi connectivity index (χ2v) is 5.38. The molecular formula is C12H28N2O. The predicted molar refractivity (Wildman–Crippen MR) is 65.4 cm³/mol. The second kappa shape index (κ2) is 6.46. The summed E-state index contributed by atoms with van der Waals surface area (Å²) >= 11 is 0. The van der Waals surface area contributed by atoms with Gasteiger partial charge in [-0.2, -0.15) is 0 Å². The Labute approximate surface area is 94.7 Å². The van der Waals surface area contributed by atoms with E-state index in [1.807, 2.05) is 0 Å². The molecule has 0 aromatic carbocycles. The van der Waals surface area contributed by atoms with Gasteiger partial charge in [-0.05, 0) is 38.5 Å². The highest BCUT2D eigenvalue weighted by Gasteiger charge is 2.23. The van der Waals surface area contributed by atoms with Gasteiger partial charge in [-0.1, -0.05) is 20.8 Å². The molecule has 0 aliphatic carbocycles. The summed E-state index contributed by atoms with van der Waals surface area (Å²) in [7, 11) is 1.76. The molecule has 0 aromatic rings. The van der Waals surface area contributed by atoms with Crippen LogP contribution in [0.15, 0.2) is 0 Å². The SMILES string of the molecule is COC(C)(C)CCC(NN)C(C)C(C)C. The van der Waals surface area contributed by atoms with Crippen LogP contribution >= 0.6 is 0 Å². The Morgan fingerprint density at radius 3 is 2.13 bits per heavy atom. The van der Waals surface area contributed by atoms with Crippen molar-refractivity contribution in [3.63, 3.8) is 0 Å². The minimum absolute atomic E-state index is 0.0498. The Bertz CT molecular complexity index is 169. The summed E-state index contributed by atoms with van der Waals surface area (Å²) in [5, 5.41) is 0. The average molecular weight is 216 g/mol. The van der Waals surface area contributed by atoms with E-state index in [1.165, 1.54) is 0 Å². The lowest BCUT2D eigenvalue weighted by Gasteiger charge is -2.30. The van der Waals surface area contributed by atoms with Gasteiger partial charge in [0.25, 0.3) is 0 Å². The highest BCUT2D eigenvalue weighted by atomic mass is 16.5. The highest BCUT2D eigenvalue weighted by Crippen LogP contribution is 2.22. The van der Waals surface area contributed by atoms with Crippen molar-refractivity contribution in [2.24, 2.45) is 17.7 Å². The van der Waals surface area contributed by atoms with Crippen LogP contribution < -0.4 is 11.3 Å². The largest absolute Gasteiger partial charge is 0.379 e. The topological polar surface area (TPSA) is 47.3 Å². The molecule has 0 saturated carbocycles. The first kappa shape index (κ1) is 14.9. The van der Waals surface area contributed by atoms with Crippen LogP contribution in [0.5, 0.6) is 0 Å². The molecule has 0 radical (unpaired) electrons. The molecule has 2 atom stereocenters. The zero-order valence-electron chi connectivity index (χ0n) is 11.1. The standard InChI is InChI=1S/C12H28N2O/c1-9(2)10(3)11(14-13)7-8-12(4,5)15-6/h9-11,14H,7-8,13H2,1-6H3. The summed E-state index contributed by atoms with van der Waals surface area (Å²) < 4.78 is 5.40. The number of nitrogens with one attached hydrogen (secondary N) is 1. The van der Waals surface area contributed by atoms with Crippen molar-refractivity contribution in [3.05, 3.63) is 0 Å². The second-order valence-electron chi connectivity index (χ2n) is 5.38. The Morgan fingerprint density at radius 1 is 1.27 bits per heavy atom. The van der Waals surface area contributed by atoms with Gasteiger partial charge >= 0.3 is 0 Å². The van der Waals surface area contributed by atoms with E-state index >= 15 is 0 Å². The highest BCUT2D eigenvalue weighted by molar-refractivity contribution is 4.78. The molecule has 0 rings (SSSR count). The van der Waals surface area contributed by atoms with Gasteiger partial charge in [0.2, 0.25) is 0 Å². The van der Waals surface area contributed by atoms with E-state index in [1.54, 1.807) is 7.11 Å². The third kappa shape index (κ3) is 5.50. The number of hydrogen-bond acceptors (Lipinski definition) is 3. The quantitative estimate of drug-likeness (QED) is 0.507. The van der Waals surface area contributed by atoms with Crippen molar-refractivity contribution in [2.75, 3.05) is 7.11 Å². The first-order valence-corrected chi connectivity index (χ1v) is 5.85. The minimum atomic E-state index is -0.0498. The maximum absolute atomic E-state index is 5.59. The van der Waals surface area contributed by atoms with E-state index in [0.29, 0.717) is 17.9 Å². The van der Waals surface area contributed by atoms with Crippen LogP contribution in [-0.4, -0.2) is 18.8 Å². The molecular weight excluding hydrogens is 188 g/mol. The van der Waals surface area contributed by atoms with Crippen LogP contribution in [0, 0.1) is 11.8 Å². The van der Waals surface area contributed by atoms with Crippen molar-refractivity contribution in [1.29, 1.82) is 0 Å². The zero-order valence-corrected chi connectivity index (χ0v) is 11.1. The molecule has 0 bridgehead atoms. The third-order valence-corrected chi connectivity index (χ3v) is 3.51. The van der Waals surface area contributed by atoms with Crippen molar-refractivity contribution in [1.82, 2.24) is 5.43 Å². The lowest BCUT2D eigenvalue weighted by molar-refractivity contribution is 0.00971. The van der Waals surface area contributed by atoms with Crippen molar-refractivity contribution < 1.29 is 4.74 Å². The zero-order chi connectivity index (χ0) is 12.1. The summed E-state index contributed by atoms with van der Waals surface area (Å²) in [4.78, 5) is 0. The molecule has 0 aliphatic heterocycles. The molecule has 0 aliphatic rings. The van der Waals surface area contributed by atoms with Crippen molar-refractivity contribution >= 4 is 0 Å².